The molecule has 8 nitrogen and oxygen atoms in total. The number of aryl methyl sites for hydroxylation is 1. The second-order valence-corrected chi connectivity index (χ2v) is 16.9. The van der Waals surface area contributed by atoms with Crippen molar-refractivity contribution in [1.82, 2.24) is 0 Å². The average molecular weight is 837 g/mol. The van der Waals surface area contributed by atoms with Crippen LogP contribution in [0.2, 0.25) is 0 Å². The highest BCUT2D eigenvalue weighted by Crippen LogP contribution is 2.27. The summed E-state index contributed by atoms with van der Waals surface area (Å²) in [4.78, 5) is 47.1. The molecule has 0 atom stereocenters. The van der Waals surface area contributed by atoms with Crippen LogP contribution in [0.1, 0.15) is 271 Å². The Labute approximate surface area is 364 Å². The van der Waals surface area contributed by atoms with Crippen molar-refractivity contribution in [2.24, 2.45) is 0 Å². The second-order valence-electron chi connectivity index (χ2n) is 16.9. The van der Waals surface area contributed by atoms with Gasteiger partial charge in [0.05, 0.1) is 22.3 Å². The summed E-state index contributed by atoms with van der Waals surface area (Å²) in [7, 11) is 0. The van der Waals surface area contributed by atoms with Crippen molar-refractivity contribution in [2.75, 3.05) is 0 Å². The quantitative estimate of drug-likeness (QED) is 0.0496. The molecule has 0 aliphatic heterocycles. The van der Waals surface area contributed by atoms with Crippen molar-refractivity contribution in [3.8, 4) is 0 Å². The third-order valence-electron chi connectivity index (χ3n) is 11.9. The zero-order chi connectivity index (χ0) is 44.4. The molecular formula is C52H84O8. The highest BCUT2D eigenvalue weighted by Gasteiger charge is 2.23. The van der Waals surface area contributed by atoms with Crippen LogP contribution in [0.15, 0.2) is 24.3 Å². The summed E-state index contributed by atoms with van der Waals surface area (Å²) in [6.07, 6.45) is 35.7. The van der Waals surface area contributed by atoms with E-state index in [9.17, 15) is 39.6 Å². The summed E-state index contributed by atoms with van der Waals surface area (Å²) in [5, 5.41) is 38.5. The molecule has 340 valence electrons. The fraction of sp³-hybridized carbons (Fsp3) is 0.692. The van der Waals surface area contributed by atoms with E-state index in [1.54, 1.807) is 0 Å². The predicted molar refractivity (Wildman–Crippen MR) is 248 cm³/mol. The monoisotopic (exact) mass is 837 g/mol. The summed E-state index contributed by atoms with van der Waals surface area (Å²) in [6.45, 7) is 8.82. The van der Waals surface area contributed by atoms with E-state index in [4.69, 9.17) is 0 Å². The lowest BCUT2D eigenvalue weighted by atomic mass is 9.88. The first-order chi connectivity index (χ1) is 29.0. The topological polar surface area (TPSA) is 149 Å². The van der Waals surface area contributed by atoms with Crippen LogP contribution in [0.4, 0.5) is 0 Å². The molecule has 0 spiro atoms. The summed E-state index contributed by atoms with van der Waals surface area (Å²) >= 11 is 0. The molecule has 0 heterocycles. The number of rotatable bonds is 36. The SMILES string of the molecule is CCCCCCCCCCc1ccc(C(=O)O)c(C(=O)O)c1CCCCCCCCCC.CCCCCCCCc1c(C(=O)O)ccc(C(=O)O)c1CCCCCCCC. The fourth-order valence-electron chi connectivity index (χ4n) is 8.35. The Morgan fingerprint density at radius 1 is 0.317 bits per heavy atom. The fourth-order valence-corrected chi connectivity index (χ4v) is 8.35. The molecule has 60 heavy (non-hydrogen) atoms. The van der Waals surface area contributed by atoms with Crippen molar-refractivity contribution in [1.29, 1.82) is 0 Å². The number of unbranched alkanes of at least 4 members (excludes halogenated alkanes) is 24. The minimum Gasteiger partial charge on any atom is -0.478 e. The maximum Gasteiger partial charge on any atom is 0.336 e. The van der Waals surface area contributed by atoms with Gasteiger partial charge in [0.25, 0.3) is 0 Å². The highest BCUT2D eigenvalue weighted by molar-refractivity contribution is 6.03. The van der Waals surface area contributed by atoms with Crippen LogP contribution in [-0.4, -0.2) is 44.3 Å². The Morgan fingerprint density at radius 2 is 0.583 bits per heavy atom. The number of carboxylic acid groups (broad SMARTS) is 4. The number of carboxylic acids is 4. The predicted octanol–water partition coefficient (Wildman–Crippen LogP) is 15.3. The summed E-state index contributed by atoms with van der Waals surface area (Å²) in [6, 6.07) is 6.30. The van der Waals surface area contributed by atoms with Crippen LogP contribution < -0.4 is 0 Å². The molecule has 2 aromatic rings. The minimum absolute atomic E-state index is 0.0116. The average Bonchev–Trinajstić information content (AvgIpc) is 3.22. The van der Waals surface area contributed by atoms with Gasteiger partial charge in [-0.1, -0.05) is 188 Å². The number of carbonyl (C=O) groups is 4. The van der Waals surface area contributed by atoms with Crippen LogP contribution in [-0.2, 0) is 25.7 Å². The lowest BCUT2D eigenvalue weighted by Gasteiger charge is -2.16. The van der Waals surface area contributed by atoms with Crippen LogP contribution in [0, 0.1) is 0 Å². The van der Waals surface area contributed by atoms with Gasteiger partial charge in [0, 0.05) is 0 Å². The van der Waals surface area contributed by atoms with Crippen molar-refractivity contribution in [3.63, 3.8) is 0 Å². The first kappa shape index (κ1) is 54.3. The molecule has 0 bridgehead atoms. The standard InChI is InChI=1S/C28H46O4.C24H38O4/c1-3-5-7-9-11-13-15-17-19-23-21-22-25(27(29)30)26(28(31)32)24(23)20-18-16-14-12-10-8-6-4-2;1-3-5-7-9-11-13-15-19-20(16-14-12-10-8-6-4-2)22(24(27)28)18-17-21(19)23(25)26/h21-22H,3-20H2,1-2H3,(H,29,30)(H,31,32);17-18H,3-16H2,1-2H3,(H,25,26)(H,27,28). The third-order valence-corrected chi connectivity index (χ3v) is 11.9. The molecule has 8 heteroatoms. The third kappa shape index (κ3) is 22.8. The molecule has 2 rings (SSSR count). The molecular weight excluding hydrogens is 753 g/mol. The summed E-state index contributed by atoms with van der Waals surface area (Å²) in [5.41, 5.74) is 3.77. The molecule has 0 aliphatic rings. The summed E-state index contributed by atoms with van der Waals surface area (Å²) in [5.74, 6) is -4.18. The Kier molecular flexibility index (Phi) is 31.7. The molecule has 0 radical (unpaired) electrons. The molecule has 0 aromatic heterocycles. The zero-order valence-corrected chi connectivity index (χ0v) is 38.4. The highest BCUT2D eigenvalue weighted by atomic mass is 16.4. The van der Waals surface area contributed by atoms with Gasteiger partial charge in [-0.3, -0.25) is 0 Å². The van der Waals surface area contributed by atoms with Gasteiger partial charge < -0.3 is 20.4 Å². The lowest BCUT2D eigenvalue weighted by molar-refractivity contribution is 0.0650. The summed E-state index contributed by atoms with van der Waals surface area (Å²) < 4.78 is 0. The largest absolute Gasteiger partial charge is 0.478 e. The van der Waals surface area contributed by atoms with Crippen LogP contribution in [0.3, 0.4) is 0 Å². The van der Waals surface area contributed by atoms with Gasteiger partial charge in [0.1, 0.15) is 0 Å². The Hall–Kier alpha value is -3.68. The van der Waals surface area contributed by atoms with E-state index in [0.717, 1.165) is 99.3 Å². The van der Waals surface area contributed by atoms with Gasteiger partial charge in [-0.05, 0) is 91.8 Å². The van der Waals surface area contributed by atoms with Gasteiger partial charge in [-0.25, -0.2) is 19.2 Å². The zero-order valence-electron chi connectivity index (χ0n) is 38.4. The van der Waals surface area contributed by atoms with E-state index in [1.165, 1.54) is 127 Å². The van der Waals surface area contributed by atoms with Crippen LogP contribution in [0.5, 0.6) is 0 Å². The van der Waals surface area contributed by atoms with Crippen molar-refractivity contribution in [2.45, 2.75) is 233 Å². The van der Waals surface area contributed by atoms with E-state index in [1.807, 2.05) is 6.07 Å². The number of hydrogen-bond acceptors (Lipinski definition) is 4. The Bertz CT molecular complexity index is 1440. The van der Waals surface area contributed by atoms with Gasteiger partial charge in [0.15, 0.2) is 0 Å². The molecule has 0 fully saturated rings. The molecule has 0 saturated heterocycles. The van der Waals surface area contributed by atoms with Gasteiger partial charge in [0.2, 0.25) is 0 Å². The van der Waals surface area contributed by atoms with Crippen LogP contribution >= 0.6 is 0 Å². The first-order valence-electron chi connectivity index (χ1n) is 24.3. The Balaban J connectivity index is 0.000000605. The van der Waals surface area contributed by atoms with Crippen LogP contribution in [0.25, 0.3) is 0 Å². The molecule has 2 aromatic carbocycles. The van der Waals surface area contributed by atoms with Crippen molar-refractivity contribution >= 4 is 23.9 Å². The molecule has 0 amide bonds. The van der Waals surface area contributed by atoms with Crippen molar-refractivity contribution < 1.29 is 39.6 Å². The van der Waals surface area contributed by atoms with E-state index in [-0.39, 0.29) is 22.3 Å². The minimum atomic E-state index is -1.15. The molecule has 4 N–H and O–H groups in total. The Morgan fingerprint density at radius 3 is 0.883 bits per heavy atom. The van der Waals surface area contributed by atoms with Gasteiger partial charge in [-0.2, -0.15) is 0 Å². The number of benzene rings is 2. The smallest absolute Gasteiger partial charge is 0.336 e. The van der Waals surface area contributed by atoms with E-state index in [2.05, 4.69) is 27.7 Å². The maximum atomic E-state index is 12.0. The second kappa shape index (κ2) is 35.0. The first-order valence-corrected chi connectivity index (χ1v) is 24.3. The van der Waals surface area contributed by atoms with Gasteiger partial charge in [-0.15, -0.1) is 0 Å². The van der Waals surface area contributed by atoms with Crippen molar-refractivity contribution in [3.05, 3.63) is 68.8 Å². The molecule has 0 aliphatic carbocycles. The van der Waals surface area contributed by atoms with E-state index < -0.39 is 23.9 Å². The van der Waals surface area contributed by atoms with E-state index in [0.29, 0.717) is 19.3 Å². The molecule has 0 saturated carbocycles. The van der Waals surface area contributed by atoms with E-state index >= 15 is 0 Å². The number of hydrogen-bond donors (Lipinski definition) is 4. The molecule has 0 unspecified atom stereocenters. The van der Waals surface area contributed by atoms with Gasteiger partial charge >= 0.3 is 23.9 Å². The number of aromatic carboxylic acids is 4. The lowest BCUT2D eigenvalue weighted by Crippen LogP contribution is -2.14. The maximum absolute atomic E-state index is 12.0. The normalized spacial score (nSPS) is 11.0.